The average Bonchev–Trinajstić information content (AvgIpc) is 2.85. The molecule has 2 nitrogen and oxygen atoms in total. The van der Waals surface area contributed by atoms with Crippen LogP contribution in [0, 0.1) is 47.3 Å². The Morgan fingerprint density at radius 3 is 2.57 bits per heavy atom. The van der Waals surface area contributed by atoms with E-state index in [9.17, 15) is 0 Å². The van der Waals surface area contributed by atoms with E-state index in [1.807, 2.05) is 0 Å². The SMILES string of the molecule is ON=C1[C@H]2[C@@H]3C[C@H]4[C@H]2[C@@H]2[C@H](Br)[C@@H]4[C@H]3[C@@H]12. The van der Waals surface area contributed by atoms with E-state index in [-0.39, 0.29) is 0 Å². The number of hydrogen-bond acceptors (Lipinski definition) is 2. The summed E-state index contributed by atoms with van der Waals surface area (Å²) in [6.07, 6.45) is 1.44. The zero-order chi connectivity index (χ0) is 9.19. The monoisotopic (exact) mass is 253 g/mol. The molecule has 9 atom stereocenters. The maximum absolute atomic E-state index is 9.14. The Balaban J connectivity index is 1.85. The van der Waals surface area contributed by atoms with Gasteiger partial charge in [0, 0.05) is 16.7 Å². The molecular weight excluding hydrogens is 242 g/mol. The van der Waals surface area contributed by atoms with Crippen LogP contribution in [0.3, 0.4) is 0 Å². The Morgan fingerprint density at radius 1 is 1.07 bits per heavy atom. The Kier molecular flexibility index (Phi) is 0.940. The van der Waals surface area contributed by atoms with Crippen LogP contribution in [0.5, 0.6) is 0 Å². The van der Waals surface area contributed by atoms with Gasteiger partial charge in [0.2, 0.25) is 0 Å². The Hall–Kier alpha value is -0.0500. The topological polar surface area (TPSA) is 32.6 Å². The predicted molar refractivity (Wildman–Crippen MR) is 54.5 cm³/mol. The van der Waals surface area contributed by atoms with Crippen molar-refractivity contribution in [3.05, 3.63) is 0 Å². The minimum absolute atomic E-state index is 0.674. The second-order valence-corrected chi connectivity index (χ2v) is 6.95. The molecule has 0 saturated heterocycles. The number of rotatable bonds is 0. The lowest BCUT2D eigenvalue weighted by Gasteiger charge is -2.32. The average molecular weight is 254 g/mol. The third kappa shape index (κ3) is 0.427. The van der Waals surface area contributed by atoms with Crippen LogP contribution in [-0.4, -0.2) is 15.7 Å². The van der Waals surface area contributed by atoms with Gasteiger partial charge in [0.1, 0.15) is 0 Å². The first kappa shape index (κ1) is 7.26. The van der Waals surface area contributed by atoms with Crippen LogP contribution in [-0.2, 0) is 0 Å². The maximum Gasteiger partial charge on any atom is 0.0644 e. The van der Waals surface area contributed by atoms with Gasteiger partial charge >= 0.3 is 0 Å². The highest BCUT2D eigenvalue weighted by molar-refractivity contribution is 9.09. The molecule has 0 aromatic rings. The van der Waals surface area contributed by atoms with Crippen molar-refractivity contribution >= 4 is 21.6 Å². The van der Waals surface area contributed by atoms with E-state index in [2.05, 4.69) is 21.1 Å². The highest BCUT2D eigenvalue weighted by atomic mass is 79.9. The normalized spacial score (nSPS) is 77.8. The molecule has 0 radical (unpaired) electrons. The quantitative estimate of drug-likeness (QED) is 0.400. The molecule has 0 amide bonds. The molecule has 0 heterocycles. The van der Waals surface area contributed by atoms with Crippen molar-refractivity contribution in [3.63, 3.8) is 0 Å². The lowest BCUT2D eigenvalue weighted by atomic mass is 9.71. The first-order valence-electron chi connectivity index (χ1n) is 5.70. The van der Waals surface area contributed by atoms with E-state index in [0.29, 0.717) is 11.8 Å². The summed E-state index contributed by atoms with van der Waals surface area (Å²) in [6, 6.07) is 0. The van der Waals surface area contributed by atoms with Crippen molar-refractivity contribution in [3.8, 4) is 0 Å². The standard InChI is InChI=1S/C11H12BrNO/c12-10-6-2-1-3-4(6)9-8(10)5(2)7(3)11(9)13-14/h2-10,14H,1H2/t2-,3+,4-,5+,6-,7-,8-,9+,10+/m0/s1. The van der Waals surface area contributed by atoms with Crippen molar-refractivity contribution in [2.45, 2.75) is 11.2 Å². The van der Waals surface area contributed by atoms with Crippen LogP contribution in [0.25, 0.3) is 0 Å². The van der Waals surface area contributed by atoms with Crippen molar-refractivity contribution in [1.82, 2.24) is 0 Å². The van der Waals surface area contributed by atoms with Crippen molar-refractivity contribution in [2.24, 2.45) is 52.5 Å². The fourth-order valence-corrected chi connectivity index (χ4v) is 7.79. The van der Waals surface area contributed by atoms with Crippen LogP contribution in [0.4, 0.5) is 0 Å². The van der Waals surface area contributed by atoms with Gasteiger partial charge in [-0.25, -0.2) is 0 Å². The van der Waals surface area contributed by atoms with Gasteiger partial charge in [-0.1, -0.05) is 21.1 Å². The lowest BCUT2D eigenvalue weighted by molar-refractivity contribution is 0.132. The van der Waals surface area contributed by atoms with Gasteiger partial charge in [-0.2, -0.15) is 0 Å². The molecule has 6 bridgehead atoms. The minimum Gasteiger partial charge on any atom is -0.411 e. The summed E-state index contributed by atoms with van der Waals surface area (Å²) >= 11 is 3.91. The van der Waals surface area contributed by atoms with E-state index in [0.717, 1.165) is 40.3 Å². The number of hydrogen-bond donors (Lipinski definition) is 1. The summed E-state index contributed by atoms with van der Waals surface area (Å²) in [7, 11) is 0. The summed E-state index contributed by atoms with van der Waals surface area (Å²) in [5, 5.41) is 12.8. The summed E-state index contributed by atoms with van der Waals surface area (Å²) in [6.45, 7) is 0. The van der Waals surface area contributed by atoms with E-state index in [4.69, 9.17) is 5.21 Å². The predicted octanol–water partition coefficient (Wildman–Crippen LogP) is 1.97. The highest BCUT2D eigenvalue weighted by Crippen LogP contribution is 2.82. The molecule has 0 aromatic heterocycles. The van der Waals surface area contributed by atoms with E-state index in [1.165, 1.54) is 12.1 Å². The molecule has 6 fully saturated rings. The number of halogens is 1. The molecule has 6 aliphatic carbocycles. The number of alkyl halides is 1. The number of oxime groups is 1. The van der Waals surface area contributed by atoms with Gasteiger partial charge in [0.05, 0.1) is 5.71 Å². The molecule has 6 rings (SSSR count). The fraction of sp³-hybridized carbons (Fsp3) is 0.909. The Bertz CT molecular complexity index is 379. The summed E-state index contributed by atoms with van der Waals surface area (Å²) in [4.78, 5) is 0.752. The molecule has 0 unspecified atom stereocenters. The largest absolute Gasteiger partial charge is 0.411 e. The molecule has 0 aromatic carbocycles. The Morgan fingerprint density at radius 2 is 1.86 bits per heavy atom. The second kappa shape index (κ2) is 1.81. The fourth-order valence-electron chi connectivity index (χ4n) is 6.36. The first-order valence-corrected chi connectivity index (χ1v) is 6.62. The van der Waals surface area contributed by atoms with E-state index < -0.39 is 0 Å². The van der Waals surface area contributed by atoms with Gasteiger partial charge in [0.15, 0.2) is 0 Å². The van der Waals surface area contributed by atoms with Crippen molar-refractivity contribution in [2.75, 3.05) is 0 Å². The van der Waals surface area contributed by atoms with Gasteiger partial charge in [0.25, 0.3) is 0 Å². The van der Waals surface area contributed by atoms with Gasteiger partial charge < -0.3 is 5.21 Å². The summed E-state index contributed by atoms with van der Waals surface area (Å²) < 4.78 is 0. The molecule has 1 N–H and O–H groups in total. The summed E-state index contributed by atoms with van der Waals surface area (Å²) in [5.74, 6) is 6.84. The molecule has 0 aliphatic heterocycles. The number of nitrogens with zero attached hydrogens (tertiary/aromatic N) is 1. The van der Waals surface area contributed by atoms with Crippen LogP contribution in [0.2, 0.25) is 0 Å². The molecule has 74 valence electrons. The van der Waals surface area contributed by atoms with Gasteiger partial charge in [-0.15, -0.1) is 0 Å². The molecule has 6 aliphatic rings. The van der Waals surface area contributed by atoms with Crippen LogP contribution in [0.1, 0.15) is 6.42 Å². The zero-order valence-electron chi connectivity index (χ0n) is 7.68. The molecule has 14 heavy (non-hydrogen) atoms. The molecule has 0 spiro atoms. The zero-order valence-corrected chi connectivity index (χ0v) is 9.26. The van der Waals surface area contributed by atoms with E-state index in [1.54, 1.807) is 0 Å². The highest BCUT2D eigenvalue weighted by Gasteiger charge is 2.82. The van der Waals surface area contributed by atoms with E-state index >= 15 is 0 Å². The third-order valence-corrected chi connectivity index (χ3v) is 7.38. The molecule has 3 heteroatoms. The molecular formula is C11H12BrNO. The maximum atomic E-state index is 9.14. The second-order valence-electron chi connectivity index (χ2n) is 5.89. The van der Waals surface area contributed by atoms with Crippen molar-refractivity contribution in [1.29, 1.82) is 0 Å². The van der Waals surface area contributed by atoms with Crippen LogP contribution in [0.15, 0.2) is 5.16 Å². The lowest BCUT2D eigenvalue weighted by Crippen LogP contribution is -2.30. The summed E-state index contributed by atoms with van der Waals surface area (Å²) in [5.41, 5.74) is 1.20. The van der Waals surface area contributed by atoms with Gasteiger partial charge in [-0.05, 0) is 41.9 Å². The molecule has 6 saturated carbocycles. The van der Waals surface area contributed by atoms with Gasteiger partial charge in [-0.3, -0.25) is 0 Å². The minimum atomic E-state index is 0.674. The van der Waals surface area contributed by atoms with Crippen LogP contribution < -0.4 is 0 Å². The van der Waals surface area contributed by atoms with Crippen molar-refractivity contribution < 1.29 is 5.21 Å². The third-order valence-electron chi connectivity index (χ3n) is 6.16. The first-order chi connectivity index (χ1) is 6.84. The van der Waals surface area contributed by atoms with Crippen LogP contribution >= 0.6 is 15.9 Å². The Labute approximate surface area is 90.9 Å². The smallest absolute Gasteiger partial charge is 0.0644 e.